The monoisotopic (exact) mass is 361 g/mol. The summed E-state index contributed by atoms with van der Waals surface area (Å²) in [6, 6.07) is 11.5. The average Bonchev–Trinajstić information content (AvgIpc) is 2.67. The first-order valence-corrected chi connectivity index (χ1v) is 8.66. The number of carbonyl (C=O) groups excluding carboxylic acids is 1. The lowest BCUT2D eigenvalue weighted by molar-refractivity contribution is -0.00238. The Morgan fingerprint density at radius 2 is 1.50 bits per heavy atom. The number of carbonyl (C=O) groups is 1. The van der Waals surface area contributed by atoms with E-state index in [2.05, 4.69) is 0 Å². The van der Waals surface area contributed by atoms with Crippen molar-refractivity contribution >= 4 is 5.91 Å². The first-order valence-electron chi connectivity index (χ1n) is 8.66. The van der Waals surface area contributed by atoms with Gasteiger partial charge in [-0.15, -0.1) is 0 Å². The molecule has 0 saturated carbocycles. The lowest BCUT2D eigenvalue weighted by Gasteiger charge is -2.32. The van der Waals surface area contributed by atoms with Gasteiger partial charge in [0.05, 0.1) is 12.7 Å². The second-order valence-electron chi connectivity index (χ2n) is 6.17. The minimum atomic E-state index is -0.350. The number of piperidine rings is 1. The molecule has 6 heteroatoms. The Morgan fingerprint density at radius 3 is 2.12 bits per heavy atom. The fourth-order valence-electron chi connectivity index (χ4n) is 2.91. The van der Waals surface area contributed by atoms with Crippen LogP contribution in [0.1, 0.15) is 23.2 Å². The minimum absolute atomic E-state index is 0.0805. The Kier molecular flexibility index (Phi) is 6.17. The third-order valence-corrected chi connectivity index (χ3v) is 4.34. The number of rotatable bonds is 6. The molecule has 0 unspecified atom stereocenters. The van der Waals surface area contributed by atoms with E-state index < -0.39 is 0 Å². The summed E-state index contributed by atoms with van der Waals surface area (Å²) < 4.78 is 37.0. The number of hydrogen-bond donors (Lipinski definition) is 0. The zero-order chi connectivity index (χ0) is 18.4. The third kappa shape index (κ3) is 5.02. The van der Waals surface area contributed by atoms with Gasteiger partial charge >= 0.3 is 0 Å². The Bertz CT molecular complexity index is 711. The maximum absolute atomic E-state index is 12.9. The van der Waals surface area contributed by atoms with Crippen molar-refractivity contribution in [3.8, 4) is 5.75 Å². The SMILES string of the molecule is O=C(c1ccc(F)cc1)N1CCC(OCCOc2ccc(F)cc2)CC1. The van der Waals surface area contributed by atoms with Gasteiger partial charge in [-0.25, -0.2) is 8.78 Å². The molecule has 26 heavy (non-hydrogen) atoms. The molecule has 138 valence electrons. The third-order valence-electron chi connectivity index (χ3n) is 4.34. The molecule has 2 aromatic rings. The molecule has 1 heterocycles. The zero-order valence-electron chi connectivity index (χ0n) is 14.4. The van der Waals surface area contributed by atoms with Crippen LogP contribution in [0, 0.1) is 11.6 Å². The molecule has 0 N–H and O–H groups in total. The number of nitrogens with zero attached hydrogens (tertiary/aromatic N) is 1. The van der Waals surface area contributed by atoms with Gasteiger partial charge in [0.25, 0.3) is 5.91 Å². The van der Waals surface area contributed by atoms with Crippen molar-refractivity contribution in [2.24, 2.45) is 0 Å². The van der Waals surface area contributed by atoms with Crippen LogP contribution in [0.2, 0.25) is 0 Å². The first kappa shape index (κ1) is 18.3. The lowest BCUT2D eigenvalue weighted by atomic mass is 10.1. The number of amides is 1. The minimum Gasteiger partial charge on any atom is -0.491 e. The van der Waals surface area contributed by atoms with Gasteiger partial charge in [-0.1, -0.05) is 0 Å². The highest BCUT2D eigenvalue weighted by Crippen LogP contribution is 2.17. The number of benzene rings is 2. The molecule has 1 amide bonds. The van der Waals surface area contributed by atoms with Crippen LogP contribution in [-0.4, -0.2) is 43.2 Å². The van der Waals surface area contributed by atoms with Gasteiger partial charge in [0.1, 0.15) is 24.0 Å². The van der Waals surface area contributed by atoms with Crippen molar-refractivity contribution in [2.75, 3.05) is 26.3 Å². The van der Waals surface area contributed by atoms with Crippen LogP contribution >= 0.6 is 0 Å². The van der Waals surface area contributed by atoms with E-state index in [1.165, 1.54) is 36.4 Å². The van der Waals surface area contributed by atoms with Gasteiger partial charge in [0, 0.05) is 18.7 Å². The summed E-state index contributed by atoms with van der Waals surface area (Å²) in [6.07, 6.45) is 1.59. The van der Waals surface area contributed by atoms with Crippen LogP contribution in [0.4, 0.5) is 8.78 Å². The van der Waals surface area contributed by atoms with Gasteiger partial charge in [-0.3, -0.25) is 4.79 Å². The van der Waals surface area contributed by atoms with Gasteiger partial charge in [-0.05, 0) is 61.4 Å². The maximum atomic E-state index is 12.9. The smallest absolute Gasteiger partial charge is 0.253 e. The number of ether oxygens (including phenoxy) is 2. The Labute approximate surface area is 151 Å². The van der Waals surface area contributed by atoms with Gasteiger partial charge in [0.2, 0.25) is 0 Å². The van der Waals surface area contributed by atoms with Crippen LogP contribution in [0.3, 0.4) is 0 Å². The molecule has 0 aliphatic carbocycles. The molecular weight excluding hydrogens is 340 g/mol. The highest BCUT2D eigenvalue weighted by Gasteiger charge is 2.24. The van der Waals surface area contributed by atoms with E-state index in [9.17, 15) is 13.6 Å². The van der Waals surface area contributed by atoms with Crippen LogP contribution in [0.15, 0.2) is 48.5 Å². The van der Waals surface area contributed by atoms with E-state index in [4.69, 9.17) is 9.47 Å². The van der Waals surface area contributed by atoms with E-state index in [0.29, 0.717) is 37.6 Å². The Balaban J connectivity index is 1.36. The molecule has 0 radical (unpaired) electrons. The molecule has 0 atom stereocenters. The van der Waals surface area contributed by atoms with E-state index in [-0.39, 0.29) is 23.6 Å². The van der Waals surface area contributed by atoms with E-state index in [1.807, 2.05) is 0 Å². The van der Waals surface area contributed by atoms with E-state index in [0.717, 1.165) is 12.8 Å². The number of hydrogen-bond acceptors (Lipinski definition) is 3. The Hall–Kier alpha value is -2.47. The molecule has 3 rings (SSSR count). The van der Waals surface area contributed by atoms with E-state index >= 15 is 0 Å². The molecule has 1 aliphatic rings. The van der Waals surface area contributed by atoms with Crippen molar-refractivity contribution in [1.82, 2.24) is 4.90 Å². The van der Waals surface area contributed by atoms with Crippen molar-refractivity contribution in [3.63, 3.8) is 0 Å². The standard InChI is InChI=1S/C20H21F2NO3/c21-16-3-1-15(2-4-16)20(24)23-11-9-19(10-12-23)26-14-13-25-18-7-5-17(22)6-8-18/h1-8,19H,9-14H2. The average molecular weight is 361 g/mol. The van der Waals surface area contributed by atoms with Gasteiger partial charge in [-0.2, -0.15) is 0 Å². The topological polar surface area (TPSA) is 38.8 Å². The highest BCUT2D eigenvalue weighted by atomic mass is 19.1. The molecule has 4 nitrogen and oxygen atoms in total. The van der Waals surface area contributed by atoms with Crippen molar-refractivity contribution in [3.05, 3.63) is 65.7 Å². The zero-order valence-corrected chi connectivity index (χ0v) is 14.4. The normalized spacial score (nSPS) is 15.1. The molecular formula is C20H21F2NO3. The fourth-order valence-corrected chi connectivity index (χ4v) is 2.91. The summed E-state index contributed by atoms with van der Waals surface area (Å²) >= 11 is 0. The van der Waals surface area contributed by atoms with Gasteiger partial charge < -0.3 is 14.4 Å². The van der Waals surface area contributed by atoms with Crippen molar-refractivity contribution < 1.29 is 23.0 Å². The van der Waals surface area contributed by atoms with E-state index in [1.54, 1.807) is 17.0 Å². The lowest BCUT2D eigenvalue weighted by Crippen LogP contribution is -2.41. The second-order valence-corrected chi connectivity index (χ2v) is 6.17. The van der Waals surface area contributed by atoms with Crippen LogP contribution in [-0.2, 0) is 4.74 Å². The predicted octanol–water partition coefficient (Wildman–Crippen LogP) is 3.67. The summed E-state index contributed by atoms with van der Waals surface area (Å²) in [6.45, 7) is 2.05. The molecule has 1 aliphatic heterocycles. The molecule has 0 spiro atoms. The summed E-state index contributed by atoms with van der Waals surface area (Å²) in [5.74, 6) is -0.120. The Morgan fingerprint density at radius 1 is 0.923 bits per heavy atom. The molecule has 2 aromatic carbocycles. The first-order chi connectivity index (χ1) is 12.6. The molecule has 1 fully saturated rings. The number of halogens is 2. The number of likely N-dealkylation sites (tertiary alicyclic amines) is 1. The fraction of sp³-hybridized carbons (Fsp3) is 0.350. The summed E-state index contributed by atoms with van der Waals surface area (Å²) in [5.41, 5.74) is 0.499. The summed E-state index contributed by atoms with van der Waals surface area (Å²) in [5, 5.41) is 0. The quantitative estimate of drug-likeness (QED) is 0.737. The second kappa shape index (κ2) is 8.76. The van der Waals surface area contributed by atoms with Crippen LogP contribution in [0.25, 0.3) is 0 Å². The van der Waals surface area contributed by atoms with Crippen LogP contribution < -0.4 is 4.74 Å². The van der Waals surface area contributed by atoms with Gasteiger partial charge in [0.15, 0.2) is 0 Å². The molecule has 0 bridgehead atoms. The molecule has 0 aromatic heterocycles. The highest BCUT2D eigenvalue weighted by molar-refractivity contribution is 5.94. The predicted molar refractivity (Wildman–Crippen MR) is 93.2 cm³/mol. The largest absolute Gasteiger partial charge is 0.491 e. The van der Waals surface area contributed by atoms with Crippen molar-refractivity contribution in [2.45, 2.75) is 18.9 Å². The van der Waals surface area contributed by atoms with Crippen LogP contribution in [0.5, 0.6) is 5.75 Å². The molecule has 1 saturated heterocycles. The maximum Gasteiger partial charge on any atom is 0.253 e. The van der Waals surface area contributed by atoms with Crippen molar-refractivity contribution in [1.29, 1.82) is 0 Å². The summed E-state index contributed by atoms with van der Waals surface area (Å²) in [7, 11) is 0. The summed E-state index contributed by atoms with van der Waals surface area (Å²) in [4.78, 5) is 14.1.